The van der Waals surface area contributed by atoms with E-state index in [1.54, 1.807) is 0 Å². The molecule has 1 aromatic rings. The van der Waals surface area contributed by atoms with Crippen LogP contribution >= 0.6 is 15.9 Å². The summed E-state index contributed by atoms with van der Waals surface area (Å²) in [5.74, 6) is -0.00845. The number of benzene rings is 1. The minimum absolute atomic E-state index is 0.000868. The molecule has 4 heteroatoms. The van der Waals surface area contributed by atoms with Crippen LogP contribution in [0.2, 0.25) is 0 Å². The summed E-state index contributed by atoms with van der Waals surface area (Å²) in [4.78, 5) is 11.6. The summed E-state index contributed by atoms with van der Waals surface area (Å²) >= 11 is 3.40. The Morgan fingerprint density at radius 3 is 2.88 bits per heavy atom. The number of rotatable bonds is 6. The lowest BCUT2D eigenvalue weighted by Crippen LogP contribution is -2.36. The van der Waals surface area contributed by atoms with Gasteiger partial charge in [-0.25, -0.2) is 0 Å². The fourth-order valence-corrected chi connectivity index (χ4v) is 1.97. The van der Waals surface area contributed by atoms with Crippen molar-refractivity contribution in [3.8, 4) is 0 Å². The standard InChI is InChI=1S/C13H18BrNO2/c1-2-12(9-16)15-13(17)7-6-10-4-3-5-11(14)8-10/h3-5,8,12,16H,2,6-7,9H2,1H3,(H,15,17)/t12-/m0/s1. The zero-order valence-electron chi connectivity index (χ0n) is 9.95. The lowest BCUT2D eigenvalue weighted by Gasteiger charge is -2.13. The van der Waals surface area contributed by atoms with Crippen LogP contribution in [0.4, 0.5) is 0 Å². The molecule has 0 aliphatic carbocycles. The summed E-state index contributed by atoms with van der Waals surface area (Å²) in [5.41, 5.74) is 1.13. The Kier molecular flexibility index (Phi) is 6.22. The Morgan fingerprint density at radius 1 is 1.53 bits per heavy atom. The molecule has 0 saturated carbocycles. The van der Waals surface area contributed by atoms with Gasteiger partial charge in [-0.15, -0.1) is 0 Å². The minimum atomic E-state index is -0.120. The maximum Gasteiger partial charge on any atom is 0.220 e. The molecule has 94 valence electrons. The number of hydrogen-bond donors (Lipinski definition) is 2. The van der Waals surface area contributed by atoms with Crippen LogP contribution in [0, 0.1) is 0 Å². The van der Waals surface area contributed by atoms with Gasteiger partial charge in [-0.05, 0) is 30.5 Å². The molecule has 0 saturated heterocycles. The summed E-state index contributed by atoms with van der Waals surface area (Å²) < 4.78 is 1.03. The third-order valence-corrected chi connectivity index (χ3v) is 3.10. The maximum absolute atomic E-state index is 11.6. The van der Waals surface area contributed by atoms with Crippen LogP contribution in [-0.4, -0.2) is 23.7 Å². The van der Waals surface area contributed by atoms with E-state index < -0.39 is 0 Å². The summed E-state index contributed by atoms with van der Waals surface area (Å²) in [5, 5.41) is 11.8. The molecule has 0 radical (unpaired) electrons. The molecule has 0 unspecified atom stereocenters. The summed E-state index contributed by atoms with van der Waals surface area (Å²) in [6, 6.07) is 7.81. The average Bonchev–Trinajstić information content (AvgIpc) is 2.33. The van der Waals surface area contributed by atoms with Crippen LogP contribution in [0.25, 0.3) is 0 Å². The second-order valence-electron chi connectivity index (χ2n) is 3.99. The molecule has 0 bridgehead atoms. The zero-order valence-corrected chi connectivity index (χ0v) is 11.5. The van der Waals surface area contributed by atoms with Crippen LogP contribution in [-0.2, 0) is 11.2 Å². The molecule has 0 fully saturated rings. The smallest absolute Gasteiger partial charge is 0.220 e. The van der Waals surface area contributed by atoms with E-state index in [1.807, 2.05) is 31.2 Å². The molecule has 17 heavy (non-hydrogen) atoms. The van der Waals surface area contributed by atoms with Gasteiger partial charge in [0.15, 0.2) is 0 Å². The number of aliphatic hydroxyl groups is 1. The van der Waals surface area contributed by atoms with Crippen LogP contribution < -0.4 is 5.32 Å². The first-order valence-corrected chi connectivity index (χ1v) is 6.59. The molecular formula is C13H18BrNO2. The highest BCUT2D eigenvalue weighted by atomic mass is 79.9. The molecule has 0 spiro atoms. The average molecular weight is 300 g/mol. The molecule has 2 N–H and O–H groups in total. The first-order valence-electron chi connectivity index (χ1n) is 5.80. The lowest BCUT2D eigenvalue weighted by molar-refractivity contribution is -0.122. The van der Waals surface area contributed by atoms with Crippen molar-refractivity contribution in [3.63, 3.8) is 0 Å². The van der Waals surface area contributed by atoms with Gasteiger partial charge < -0.3 is 10.4 Å². The monoisotopic (exact) mass is 299 g/mol. The number of aryl methyl sites for hydroxylation is 1. The van der Waals surface area contributed by atoms with Gasteiger partial charge in [-0.2, -0.15) is 0 Å². The van der Waals surface area contributed by atoms with E-state index in [9.17, 15) is 4.79 Å². The molecular weight excluding hydrogens is 282 g/mol. The Balaban J connectivity index is 2.38. The van der Waals surface area contributed by atoms with Crippen LogP contribution in [0.3, 0.4) is 0 Å². The third kappa shape index (κ3) is 5.33. The van der Waals surface area contributed by atoms with Crippen LogP contribution in [0.1, 0.15) is 25.3 Å². The molecule has 0 aliphatic heterocycles. The van der Waals surface area contributed by atoms with Gasteiger partial charge in [-0.3, -0.25) is 4.79 Å². The van der Waals surface area contributed by atoms with Crippen molar-refractivity contribution in [2.24, 2.45) is 0 Å². The molecule has 0 aromatic heterocycles. The predicted molar refractivity (Wildman–Crippen MR) is 71.8 cm³/mol. The first-order chi connectivity index (χ1) is 8.15. The van der Waals surface area contributed by atoms with Crippen molar-refractivity contribution in [1.29, 1.82) is 0 Å². The minimum Gasteiger partial charge on any atom is -0.394 e. The number of aliphatic hydroxyl groups excluding tert-OH is 1. The van der Waals surface area contributed by atoms with Crippen molar-refractivity contribution in [1.82, 2.24) is 5.32 Å². The first kappa shape index (κ1) is 14.2. The lowest BCUT2D eigenvalue weighted by atomic mass is 10.1. The van der Waals surface area contributed by atoms with E-state index >= 15 is 0 Å². The van der Waals surface area contributed by atoms with Crippen molar-refractivity contribution < 1.29 is 9.90 Å². The highest BCUT2D eigenvalue weighted by molar-refractivity contribution is 9.10. The quantitative estimate of drug-likeness (QED) is 0.846. The van der Waals surface area contributed by atoms with Gasteiger partial charge in [0.05, 0.1) is 12.6 Å². The van der Waals surface area contributed by atoms with Crippen LogP contribution in [0.5, 0.6) is 0 Å². The van der Waals surface area contributed by atoms with E-state index in [0.29, 0.717) is 12.8 Å². The molecule has 0 aliphatic rings. The molecule has 0 heterocycles. The zero-order chi connectivity index (χ0) is 12.7. The highest BCUT2D eigenvalue weighted by Gasteiger charge is 2.08. The highest BCUT2D eigenvalue weighted by Crippen LogP contribution is 2.12. The molecule has 1 atom stereocenters. The Labute approximate surface area is 110 Å². The normalized spacial score (nSPS) is 12.2. The van der Waals surface area contributed by atoms with E-state index in [1.165, 1.54) is 0 Å². The van der Waals surface area contributed by atoms with Crippen molar-refractivity contribution >= 4 is 21.8 Å². The number of hydrogen-bond acceptors (Lipinski definition) is 2. The van der Waals surface area contributed by atoms with E-state index in [4.69, 9.17) is 5.11 Å². The Bertz CT molecular complexity index is 364. The number of nitrogens with one attached hydrogen (secondary N) is 1. The summed E-state index contributed by atoms with van der Waals surface area (Å²) in [6.45, 7) is 1.94. The number of amides is 1. The van der Waals surface area contributed by atoms with E-state index in [-0.39, 0.29) is 18.6 Å². The summed E-state index contributed by atoms with van der Waals surface area (Å²) in [7, 11) is 0. The largest absolute Gasteiger partial charge is 0.394 e. The molecule has 1 amide bonds. The third-order valence-electron chi connectivity index (χ3n) is 2.61. The van der Waals surface area contributed by atoms with E-state index in [0.717, 1.165) is 16.5 Å². The predicted octanol–water partition coefficient (Wildman–Crippen LogP) is 2.27. The van der Waals surface area contributed by atoms with Gasteiger partial charge in [-0.1, -0.05) is 35.0 Å². The number of carbonyl (C=O) groups is 1. The fraction of sp³-hybridized carbons (Fsp3) is 0.462. The molecule has 1 aromatic carbocycles. The van der Waals surface area contributed by atoms with Gasteiger partial charge in [0.1, 0.15) is 0 Å². The Hall–Kier alpha value is -0.870. The SMILES string of the molecule is CC[C@@H](CO)NC(=O)CCc1cccc(Br)c1. The number of halogens is 1. The fourth-order valence-electron chi connectivity index (χ4n) is 1.53. The van der Waals surface area contributed by atoms with E-state index in [2.05, 4.69) is 21.2 Å². The second kappa shape index (κ2) is 7.45. The maximum atomic E-state index is 11.6. The topological polar surface area (TPSA) is 49.3 Å². The Morgan fingerprint density at radius 2 is 2.29 bits per heavy atom. The molecule has 3 nitrogen and oxygen atoms in total. The van der Waals surface area contributed by atoms with Crippen molar-refractivity contribution in [2.75, 3.05) is 6.61 Å². The van der Waals surface area contributed by atoms with Gasteiger partial charge >= 0.3 is 0 Å². The van der Waals surface area contributed by atoms with Gasteiger partial charge in [0, 0.05) is 10.9 Å². The van der Waals surface area contributed by atoms with Gasteiger partial charge in [0.25, 0.3) is 0 Å². The van der Waals surface area contributed by atoms with Crippen LogP contribution in [0.15, 0.2) is 28.7 Å². The molecule has 1 rings (SSSR count). The number of carbonyl (C=O) groups excluding carboxylic acids is 1. The summed E-state index contributed by atoms with van der Waals surface area (Å²) in [6.07, 6.45) is 1.92. The second-order valence-corrected chi connectivity index (χ2v) is 4.90. The van der Waals surface area contributed by atoms with Crippen molar-refractivity contribution in [2.45, 2.75) is 32.2 Å². The van der Waals surface area contributed by atoms with Crippen molar-refractivity contribution in [3.05, 3.63) is 34.3 Å². The van der Waals surface area contributed by atoms with Gasteiger partial charge in [0.2, 0.25) is 5.91 Å².